The first-order valence-electron chi connectivity index (χ1n) is 6.17. The highest BCUT2D eigenvalue weighted by Crippen LogP contribution is 2.26. The van der Waals surface area contributed by atoms with Crippen LogP contribution in [0.1, 0.15) is 10.5 Å². The molecule has 2 N–H and O–H groups in total. The summed E-state index contributed by atoms with van der Waals surface area (Å²) in [6.45, 7) is 0. The number of nitrogens with zero attached hydrogens (tertiary/aromatic N) is 2. The number of anilines is 2. The molecular formula is C15H10BrN3O2. The van der Waals surface area contributed by atoms with Crippen molar-refractivity contribution in [2.75, 3.05) is 5.32 Å². The van der Waals surface area contributed by atoms with Crippen molar-refractivity contribution in [1.82, 2.24) is 9.97 Å². The maximum absolute atomic E-state index is 11.4. The molecule has 0 saturated carbocycles. The van der Waals surface area contributed by atoms with Gasteiger partial charge in [0.05, 0.1) is 16.7 Å². The number of para-hydroxylation sites is 3. The zero-order valence-electron chi connectivity index (χ0n) is 10.7. The summed E-state index contributed by atoms with van der Waals surface area (Å²) < 4.78 is 0.816. The highest BCUT2D eigenvalue weighted by atomic mass is 79.9. The van der Waals surface area contributed by atoms with E-state index >= 15 is 0 Å². The largest absolute Gasteiger partial charge is 0.476 e. The zero-order valence-corrected chi connectivity index (χ0v) is 12.3. The normalized spacial score (nSPS) is 10.5. The maximum Gasteiger partial charge on any atom is 0.358 e. The van der Waals surface area contributed by atoms with Crippen LogP contribution in [-0.4, -0.2) is 21.0 Å². The Hall–Kier alpha value is -2.47. The molecule has 0 aliphatic carbocycles. The van der Waals surface area contributed by atoms with Gasteiger partial charge in [-0.2, -0.15) is 0 Å². The topological polar surface area (TPSA) is 75.1 Å². The number of fused-ring (bicyclic) bond motifs is 1. The van der Waals surface area contributed by atoms with Crippen LogP contribution >= 0.6 is 15.9 Å². The number of carboxylic acids is 1. The predicted octanol–water partition coefficient (Wildman–Crippen LogP) is 3.83. The van der Waals surface area contributed by atoms with E-state index in [2.05, 4.69) is 31.2 Å². The number of halogens is 1. The van der Waals surface area contributed by atoms with E-state index in [1.807, 2.05) is 30.3 Å². The molecule has 1 aromatic heterocycles. The smallest absolute Gasteiger partial charge is 0.358 e. The van der Waals surface area contributed by atoms with Crippen molar-refractivity contribution in [2.24, 2.45) is 0 Å². The molecule has 104 valence electrons. The van der Waals surface area contributed by atoms with Gasteiger partial charge in [-0.1, -0.05) is 24.3 Å². The second-order valence-electron chi connectivity index (χ2n) is 4.32. The summed E-state index contributed by atoms with van der Waals surface area (Å²) in [5, 5.41) is 12.3. The lowest BCUT2D eigenvalue weighted by Gasteiger charge is -2.10. The summed E-state index contributed by atoms with van der Waals surface area (Å²) in [7, 11) is 0. The third-order valence-corrected chi connectivity index (χ3v) is 3.59. The number of nitrogens with one attached hydrogen (secondary N) is 1. The fourth-order valence-corrected chi connectivity index (χ4v) is 2.31. The van der Waals surface area contributed by atoms with E-state index in [1.54, 1.807) is 18.2 Å². The van der Waals surface area contributed by atoms with Gasteiger partial charge in [0.1, 0.15) is 0 Å². The van der Waals surface area contributed by atoms with E-state index in [0.29, 0.717) is 11.0 Å². The number of benzene rings is 2. The van der Waals surface area contributed by atoms with Crippen LogP contribution in [0.4, 0.5) is 11.5 Å². The lowest BCUT2D eigenvalue weighted by Crippen LogP contribution is -2.08. The molecule has 21 heavy (non-hydrogen) atoms. The Kier molecular flexibility index (Phi) is 3.53. The monoisotopic (exact) mass is 343 g/mol. The van der Waals surface area contributed by atoms with Crippen molar-refractivity contribution in [3.8, 4) is 0 Å². The summed E-state index contributed by atoms with van der Waals surface area (Å²) in [5.74, 6) is -0.907. The van der Waals surface area contributed by atoms with Crippen LogP contribution < -0.4 is 5.32 Å². The van der Waals surface area contributed by atoms with Crippen LogP contribution in [0.15, 0.2) is 53.0 Å². The second-order valence-corrected chi connectivity index (χ2v) is 5.17. The summed E-state index contributed by atoms with van der Waals surface area (Å²) in [6, 6.07) is 14.6. The number of hydrogen-bond donors (Lipinski definition) is 2. The summed E-state index contributed by atoms with van der Waals surface area (Å²) in [6.07, 6.45) is 0. The quantitative estimate of drug-likeness (QED) is 0.755. The number of aromatic nitrogens is 2. The average molecular weight is 344 g/mol. The fraction of sp³-hybridized carbons (Fsp3) is 0. The summed E-state index contributed by atoms with van der Waals surface area (Å²) >= 11 is 3.41. The van der Waals surface area contributed by atoms with Crippen molar-refractivity contribution >= 4 is 44.4 Å². The van der Waals surface area contributed by atoms with Gasteiger partial charge in [-0.05, 0) is 40.2 Å². The predicted molar refractivity (Wildman–Crippen MR) is 83.9 cm³/mol. The molecule has 3 aromatic rings. The number of carboxylic acid groups (broad SMARTS) is 1. The molecule has 0 amide bonds. The van der Waals surface area contributed by atoms with Gasteiger partial charge >= 0.3 is 5.97 Å². The maximum atomic E-state index is 11.4. The van der Waals surface area contributed by atoms with Gasteiger partial charge < -0.3 is 10.4 Å². The molecule has 0 aliphatic rings. The zero-order chi connectivity index (χ0) is 14.8. The van der Waals surface area contributed by atoms with E-state index in [1.165, 1.54) is 0 Å². The van der Waals surface area contributed by atoms with Gasteiger partial charge in [-0.25, -0.2) is 14.8 Å². The Labute approximate surface area is 128 Å². The Balaban J connectivity index is 2.14. The standard InChI is InChI=1S/C15H10BrN3O2/c16-9-5-1-2-6-10(9)18-14-13(15(20)21)17-11-7-3-4-8-12(11)19-14/h1-8H,(H,18,19)(H,20,21). The molecule has 5 nitrogen and oxygen atoms in total. The number of rotatable bonds is 3. The van der Waals surface area contributed by atoms with E-state index in [-0.39, 0.29) is 11.5 Å². The van der Waals surface area contributed by atoms with Crippen LogP contribution in [-0.2, 0) is 0 Å². The van der Waals surface area contributed by atoms with Crippen molar-refractivity contribution in [1.29, 1.82) is 0 Å². The van der Waals surface area contributed by atoms with Crippen LogP contribution in [0, 0.1) is 0 Å². The van der Waals surface area contributed by atoms with Gasteiger partial charge in [-0.3, -0.25) is 0 Å². The molecule has 0 radical (unpaired) electrons. The minimum atomic E-state index is -1.12. The lowest BCUT2D eigenvalue weighted by atomic mass is 10.2. The van der Waals surface area contributed by atoms with Crippen LogP contribution in [0.25, 0.3) is 11.0 Å². The number of aromatic carboxylic acids is 1. The minimum absolute atomic E-state index is 0.107. The Bertz CT molecular complexity index is 836. The third kappa shape index (κ3) is 2.71. The molecule has 0 atom stereocenters. The fourth-order valence-electron chi connectivity index (χ4n) is 1.93. The molecule has 0 unspecified atom stereocenters. The molecule has 6 heteroatoms. The first-order chi connectivity index (χ1) is 10.1. The van der Waals surface area contributed by atoms with Crippen LogP contribution in [0.5, 0.6) is 0 Å². The van der Waals surface area contributed by atoms with Gasteiger partial charge in [-0.15, -0.1) is 0 Å². The molecule has 0 saturated heterocycles. The van der Waals surface area contributed by atoms with Crippen molar-refractivity contribution in [2.45, 2.75) is 0 Å². The summed E-state index contributed by atoms with van der Waals surface area (Å²) in [4.78, 5) is 19.9. The van der Waals surface area contributed by atoms with Gasteiger partial charge in [0.15, 0.2) is 11.5 Å². The van der Waals surface area contributed by atoms with E-state index in [4.69, 9.17) is 0 Å². The van der Waals surface area contributed by atoms with Crippen LogP contribution in [0.3, 0.4) is 0 Å². The lowest BCUT2D eigenvalue weighted by molar-refractivity contribution is 0.0692. The van der Waals surface area contributed by atoms with Gasteiger partial charge in [0, 0.05) is 4.47 Å². The summed E-state index contributed by atoms with van der Waals surface area (Å²) in [5.41, 5.74) is 1.80. The number of carbonyl (C=O) groups is 1. The molecule has 0 bridgehead atoms. The minimum Gasteiger partial charge on any atom is -0.476 e. The highest BCUT2D eigenvalue weighted by Gasteiger charge is 2.16. The number of hydrogen-bond acceptors (Lipinski definition) is 4. The van der Waals surface area contributed by atoms with Crippen molar-refractivity contribution in [3.05, 3.63) is 58.7 Å². The molecule has 1 heterocycles. The van der Waals surface area contributed by atoms with E-state index in [0.717, 1.165) is 10.2 Å². The van der Waals surface area contributed by atoms with Crippen molar-refractivity contribution in [3.63, 3.8) is 0 Å². The Morgan fingerprint density at radius 1 is 1.00 bits per heavy atom. The Morgan fingerprint density at radius 2 is 1.62 bits per heavy atom. The SMILES string of the molecule is O=C(O)c1nc2ccccc2nc1Nc1ccccc1Br. The average Bonchev–Trinajstić information content (AvgIpc) is 2.48. The second kappa shape index (κ2) is 5.49. The molecule has 0 fully saturated rings. The van der Waals surface area contributed by atoms with Crippen molar-refractivity contribution < 1.29 is 9.90 Å². The Morgan fingerprint density at radius 3 is 2.29 bits per heavy atom. The molecule has 3 rings (SSSR count). The van der Waals surface area contributed by atoms with Gasteiger partial charge in [0.25, 0.3) is 0 Å². The van der Waals surface area contributed by atoms with E-state index < -0.39 is 5.97 Å². The first kappa shape index (κ1) is 13.5. The molecule has 2 aromatic carbocycles. The highest BCUT2D eigenvalue weighted by molar-refractivity contribution is 9.10. The third-order valence-electron chi connectivity index (χ3n) is 2.90. The van der Waals surface area contributed by atoms with Crippen LogP contribution in [0.2, 0.25) is 0 Å². The molecule has 0 spiro atoms. The first-order valence-corrected chi connectivity index (χ1v) is 6.96. The van der Waals surface area contributed by atoms with Gasteiger partial charge in [0.2, 0.25) is 0 Å². The molecule has 0 aliphatic heterocycles. The molecular weight excluding hydrogens is 334 g/mol. The van der Waals surface area contributed by atoms with E-state index in [9.17, 15) is 9.90 Å².